The van der Waals surface area contributed by atoms with Gasteiger partial charge in [-0.05, 0) is 47.7 Å². The van der Waals surface area contributed by atoms with Crippen LogP contribution < -0.4 is 0 Å². The quantitative estimate of drug-likeness (QED) is 0.863. The molecule has 2 rings (SSSR count). The first kappa shape index (κ1) is 11.6. The van der Waals surface area contributed by atoms with Gasteiger partial charge in [0.1, 0.15) is 11.9 Å². The third-order valence-corrected chi connectivity index (χ3v) is 3.47. The van der Waals surface area contributed by atoms with E-state index in [1.165, 1.54) is 12.1 Å². The molecule has 4 heteroatoms. The van der Waals surface area contributed by atoms with Gasteiger partial charge in [-0.1, -0.05) is 11.6 Å². The van der Waals surface area contributed by atoms with Crippen molar-refractivity contribution in [1.82, 2.24) is 0 Å². The van der Waals surface area contributed by atoms with E-state index in [0.717, 1.165) is 10.4 Å². The number of rotatable bonds is 2. The van der Waals surface area contributed by atoms with Crippen LogP contribution in [-0.2, 0) is 0 Å². The van der Waals surface area contributed by atoms with Crippen molar-refractivity contribution in [2.24, 2.45) is 0 Å². The number of halogens is 2. The van der Waals surface area contributed by atoms with Gasteiger partial charge in [0.15, 0.2) is 0 Å². The standard InChI is InChI=1S/C12H10ClFOS/c1-7-11(2-3-16-7)12(15)8-4-9(13)6-10(14)5-8/h2-6,12,15H,1H3. The maximum atomic E-state index is 13.1. The summed E-state index contributed by atoms with van der Waals surface area (Å²) < 4.78 is 13.1. The molecular weight excluding hydrogens is 247 g/mol. The van der Waals surface area contributed by atoms with E-state index in [2.05, 4.69) is 0 Å². The summed E-state index contributed by atoms with van der Waals surface area (Å²) in [4.78, 5) is 1.02. The molecule has 1 N–H and O–H groups in total. The minimum Gasteiger partial charge on any atom is -0.384 e. The van der Waals surface area contributed by atoms with Crippen molar-refractivity contribution in [2.75, 3.05) is 0 Å². The van der Waals surface area contributed by atoms with Crippen LogP contribution in [0.3, 0.4) is 0 Å². The molecule has 0 amide bonds. The van der Waals surface area contributed by atoms with Gasteiger partial charge in [-0.3, -0.25) is 0 Å². The normalized spacial score (nSPS) is 12.8. The van der Waals surface area contributed by atoms with E-state index in [1.54, 1.807) is 17.4 Å². The Morgan fingerprint density at radius 3 is 2.69 bits per heavy atom. The van der Waals surface area contributed by atoms with Crippen LogP contribution in [0.1, 0.15) is 22.1 Å². The molecule has 0 fully saturated rings. The lowest BCUT2D eigenvalue weighted by molar-refractivity contribution is 0.219. The topological polar surface area (TPSA) is 20.2 Å². The number of thiophene rings is 1. The fraction of sp³-hybridized carbons (Fsp3) is 0.167. The Bertz CT molecular complexity index is 489. The summed E-state index contributed by atoms with van der Waals surface area (Å²) in [6.07, 6.45) is -0.820. The zero-order valence-corrected chi connectivity index (χ0v) is 10.1. The number of benzene rings is 1. The molecule has 0 saturated heterocycles. The van der Waals surface area contributed by atoms with Gasteiger partial charge in [0.25, 0.3) is 0 Å². The molecule has 1 atom stereocenters. The molecule has 1 unspecified atom stereocenters. The van der Waals surface area contributed by atoms with Crippen LogP contribution in [0.2, 0.25) is 5.02 Å². The highest BCUT2D eigenvalue weighted by Crippen LogP contribution is 2.29. The molecule has 0 aliphatic carbocycles. The number of hydrogen-bond acceptors (Lipinski definition) is 2. The van der Waals surface area contributed by atoms with E-state index >= 15 is 0 Å². The van der Waals surface area contributed by atoms with Gasteiger partial charge in [0.2, 0.25) is 0 Å². The second kappa shape index (κ2) is 4.53. The Morgan fingerprint density at radius 1 is 1.38 bits per heavy atom. The van der Waals surface area contributed by atoms with E-state index in [4.69, 9.17) is 11.6 Å². The minimum atomic E-state index is -0.820. The van der Waals surface area contributed by atoms with Gasteiger partial charge < -0.3 is 5.11 Å². The van der Waals surface area contributed by atoms with Gasteiger partial charge in [0.05, 0.1) is 0 Å². The molecule has 84 valence electrons. The number of hydrogen-bond donors (Lipinski definition) is 1. The maximum Gasteiger partial charge on any atom is 0.125 e. The van der Waals surface area contributed by atoms with Crippen molar-refractivity contribution >= 4 is 22.9 Å². The lowest BCUT2D eigenvalue weighted by atomic mass is 10.0. The molecule has 0 spiro atoms. The SMILES string of the molecule is Cc1sccc1C(O)c1cc(F)cc(Cl)c1. The Morgan fingerprint density at radius 2 is 2.12 bits per heavy atom. The molecule has 2 aromatic rings. The summed E-state index contributed by atoms with van der Waals surface area (Å²) in [6, 6.07) is 5.93. The second-order valence-corrected chi connectivity index (χ2v) is 5.09. The molecule has 0 bridgehead atoms. The molecule has 16 heavy (non-hydrogen) atoms. The van der Waals surface area contributed by atoms with Crippen molar-refractivity contribution in [2.45, 2.75) is 13.0 Å². The third-order valence-electron chi connectivity index (χ3n) is 2.39. The molecule has 0 saturated carbocycles. The molecule has 1 heterocycles. The fourth-order valence-electron chi connectivity index (χ4n) is 1.59. The smallest absolute Gasteiger partial charge is 0.125 e. The molecule has 1 aromatic carbocycles. The van der Waals surface area contributed by atoms with E-state index < -0.39 is 11.9 Å². The molecular formula is C12H10ClFOS. The van der Waals surface area contributed by atoms with Crippen molar-refractivity contribution < 1.29 is 9.50 Å². The molecule has 1 nitrogen and oxygen atoms in total. The minimum absolute atomic E-state index is 0.293. The van der Waals surface area contributed by atoms with Gasteiger partial charge in [-0.2, -0.15) is 0 Å². The van der Waals surface area contributed by atoms with Crippen LogP contribution >= 0.6 is 22.9 Å². The fourth-order valence-corrected chi connectivity index (χ4v) is 2.56. The summed E-state index contributed by atoms with van der Waals surface area (Å²) in [5.74, 6) is -0.436. The van der Waals surface area contributed by atoms with Crippen molar-refractivity contribution in [3.05, 3.63) is 56.5 Å². The first-order valence-corrected chi connectivity index (χ1v) is 6.02. The van der Waals surface area contributed by atoms with Crippen LogP contribution in [0, 0.1) is 12.7 Å². The van der Waals surface area contributed by atoms with Crippen molar-refractivity contribution in [3.63, 3.8) is 0 Å². The highest BCUT2D eigenvalue weighted by Gasteiger charge is 2.15. The zero-order valence-electron chi connectivity index (χ0n) is 8.58. The molecule has 0 aliphatic rings. The summed E-state index contributed by atoms with van der Waals surface area (Å²) >= 11 is 7.30. The van der Waals surface area contributed by atoms with Crippen LogP contribution in [0.25, 0.3) is 0 Å². The van der Waals surface area contributed by atoms with Crippen LogP contribution in [0.15, 0.2) is 29.6 Å². The summed E-state index contributed by atoms with van der Waals surface area (Å²) in [6.45, 7) is 1.92. The van der Waals surface area contributed by atoms with Crippen LogP contribution in [0.4, 0.5) is 4.39 Å². The number of aryl methyl sites for hydroxylation is 1. The third kappa shape index (κ3) is 2.26. The molecule has 0 aliphatic heterocycles. The monoisotopic (exact) mass is 256 g/mol. The average molecular weight is 257 g/mol. The Labute approximate surface area is 102 Å². The predicted molar refractivity (Wildman–Crippen MR) is 64.5 cm³/mol. The Kier molecular flexibility index (Phi) is 3.28. The Balaban J connectivity index is 2.41. The van der Waals surface area contributed by atoms with Gasteiger partial charge in [0, 0.05) is 9.90 Å². The first-order chi connectivity index (χ1) is 7.58. The second-order valence-electron chi connectivity index (χ2n) is 3.54. The van der Waals surface area contributed by atoms with Crippen molar-refractivity contribution in [3.8, 4) is 0 Å². The van der Waals surface area contributed by atoms with Gasteiger partial charge >= 0.3 is 0 Å². The maximum absolute atomic E-state index is 13.1. The largest absolute Gasteiger partial charge is 0.384 e. The zero-order chi connectivity index (χ0) is 11.7. The van der Waals surface area contributed by atoms with Gasteiger partial charge in [-0.25, -0.2) is 4.39 Å². The first-order valence-electron chi connectivity index (χ1n) is 4.76. The predicted octanol–water partition coefficient (Wildman–Crippen LogP) is 3.93. The van der Waals surface area contributed by atoms with Crippen molar-refractivity contribution in [1.29, 1.82) is 0 Å². The van der Waals surface area contributed by atoms with E-state index in [0.29, 0.717) is 10.6 Å². The molecule has 0 radical (unpaired) electrons. The number of aliphatic hydroxyl groups is 1. The lowest BCUT2D eigenvalue weighted by Crippen LogP contribution is -2.00. The van der Waals surface area contributed by atoms with Gasteiger partial charge in [-0.15, -0.1) is 11.3 Å². The summed E-state index contributed by atoms with van der Waals surface area (Å²) in [7, 11) is 0. The van der Waals surface area contributed by atoms with E-state index in [1.807, 2.05) is 18.4 Å². The van der Waals surface area contributed by atoms with E-state index in [-0.39, 0.29) is 0 Å². The highest BCUT2D eigenvalue weighted by atomic mass is 35.5. The molecule has 1 aromatic heterocycles. The van der Waals surface area contributed by atoms with Crippen LogP contribution in [-0.4, -0.2) is 5.11 Å². The number of aliphatic hydroxyl groups excluding tert-OH is 1. The summed E-state index contributed by atoms with van der Waals surface area (Å²) in [5.41, 5.74) is 1.28. The lowest BCUT2D eigenvalue weighted by Gasteiger charge is -2.11. The van der Waals surface area contributed by atoms with E-state index in [9.17, 15) is 9.50 Å². The average Bonchev–Trinajstić information content (AvgIpc) is 2.62. The Hall–Kier alpha value is -0.900. The van der Waals surface area contributed by atoms with Crippen LogP contribution in [0.5, 0.6) is 0 Å². The highest BCUT2D eigenvalue weighted by molar-refractivity contribution is 7.10. The summed E-state index contributed by atoms with van der Waals surface area (Å²) in [5, 5.41) is 12.3.